The van der Waals surface area contributed by atoms with Crippen molar-refractivity contribution in [2.24, 2.45) is 10.9 Å². The van der Waals surface area contributed by atoms with Crippen LogP contribution in [0, 0.1) is 5.92 Å². The second-order valence-electron chi connectivity index (χ2n) is 6.77. The fourth-order valence-electron chi connectivity index (χ4n) is 2.85. The normalized spacial score (nSPS) is 17.0. The smallest absolute Gasteiger partial charge is 0.222 e. The zero-order chi connectivity index (χ0) is 19.5. The maximum absolute atomic E-state index is 11.6. The quantitative estimate of drug-likeness (QED) is 0.335. The van der Waals surface area contributed by atoms with Gasteiger partial charge in [-0.1, -0.05) is 19.9 Å². The van der Waals surface area contributed by atoms with Crippen molar-refractivity contribution in [1.82, 2.24) is 20.9 Å². The van der Waals surface area contributed by atoms with E-state index in [4.69, 9.17) is 9.73 Å². The molecule has 7 nitrogen and oxygen atoms in total. The molecule has 8 heteroatoms. The van der Waals surface area contributed by atoms with E-state index in [2.05, 4.69) is 45.3 Å². The molecule has 1 unspecified atom stereocenters. The Bertz CT molecular complexity index is 571. The summed E-state index contributed by atoms with van der Waals surface area (Å²) in [6, 6.07) is 4.55. The first-order chi connectivity index (χ1) is 13.1. The van der Waals surface area contributed by atoms with E-state index in [9.17, 15) is 4.79 Å². The van der Waals surface area contributed by atoms with E-state index in [0.29, 0.717) is 19.6 Å². The van der Waals surface area contributed by atoms with Crippen molar-refractivity contribution in [3.05, 3.63) is 22.4 Å². The van der Waals surface area contributed by atoms with Crippen molar-refractivity contribution in [3.63, 3.8) is 0 Å². The number of amides is 1. The van der Waals surface area contributed by atoms with Crippen LogP contribution in [0.3, 0.4) is 0 Å². The average Bonchev–Trinajstić information content (AvgIpc) is 3.20. The molecule has 27 heavy (non-hydrogen) atoms. The van der Waals surface area contributed by atoms with E-state index in [1.807, 2.05) is 13.8 Å². The van der Waals surface area contributed by atoms with Gasteiger partial charge in [0.15, 0.2) is 5.96 Å². The van der Waals surface area contributed by atoms with Crippen LogP contribution in [-0.2, 0) is 9.53 Å². The van der Waals surface area contributed by atoms with E-state index in [1.54, 1.807) is 11.3 Å². The lowest BCUT2D eigenvalue weighted by Gasteiger charge is -2.33. The van der Waals surface area contributed by atoms with Gasteiger partial charge in [0.05, 0.1) is 25.8 Å². The van der Waals surface area contributed by atoms with Gasteiger partial charge in [-0.3, -0.25) is 14.7 Å². The van der Waals surface area contributed by atoms with Crippen LogP contribution in [0.2, 0.25) is 0 Å². The van der Waals surface area contributed by atoms with Gasteiger partial charge < -0.3 is 20.7 Å². The second kappa shape index (κ2) is 11.9. The van der Waals surface area contributed by atoms with E-state index in [-0.39, 0.29) is 17.9 Å². The number of guanidine groups is 1. The highest BCUT2D eigenvalue weighted by Gasteiger charge is 2.23. The van der Waals surface area contributed by atoms with Crippen molar-refractivity contribution in [2.75, 3.05) is 52.5 Å². The lowest BCUT2D eigenvalue weighted by atomic mass is 10.2. The van der Waals surface area contributed by atoms with Gasteiger partial charge in [-0.15, -0.1) is 11.3 Å². The zero-order valence-electron chi connectivity index (χ0n) is 16.7. The van der Waals surface area contributed by atoms with Crippen LogP contribution >= 0.6 is 11.3 Å². The number of nitrogens with one attached hydrogen (secondary N) is 3. The van der Waals surface area contributed by atoms with Gasteiger partial charge in [0.25, 0.3) is 0 Å². The van der Waals surface area contributed by atoms with Gasteiger partial charge in [0.2, 0.25) is 5.91 Å². The number of ether oxygens (including phenoxy) is 1. The molecule has 1 amide bonds. The van der Waals surface area contributed by atoms with Crippen LogP contribution in [0.15, 0.2) is 22.5 Å². The van der Waals surface area contributed by atoms with Crippen molar-refractivity contribution in [3.8, 4) is 0 Å². The minimum absolute atomic E-state index is 0.00646. The highest BCUT2D eigenvalue weighted by molar-refractivity contribution is 7.10. The number of rotatable bonds is 9. The molecule has 0 bridgehead atoms. The van der Waals surface area contributed by atoms with Crippen molar-refractivity contribution in [1.29, 1.82) is 0 Å². The molecular formula is C19H33N5O2S. The summed E-state index contributed by atoms with van der Waals surface area (Å²) in [7, 11) is 0. The van der Waals surface area contributed by atoms with E-state index in [1.165, 1.54) is 4.88 Å². The Morgan fingerprint density at radius 1 is 1.26 bits per heavy atom. The fourth-order valence-corrected chi connectivity index (χ4v) is 3.70. The summed E-state index contributed by atoms with van der Waals surface area (Å²) < 4.78 is 5.50. The minimum Gasteiger partial charge on any atom is -0.379 e. The standard InChI is InChI=1S/C19H33N5O2S/c1-4-20-19(22-8-7-21-18(25)15(2)3)23-14-16(17-6-5-13-27-17)24-9-11-26-12-10-24/h5-6,13,15-16H,4,7-12,14H2,1-3H3,(H,21,25)(H2,20,22,23). The molecule has 0 aromatic carbocycles. The monoisotopic (exact) mass is 395 g/mol. The van der Waals surface area contributed by atoms with E-state index < -0.39 is 0 Å². The molecule has 1 aliphatic rings. The highest BCUT2D eigenvalue weighted by atomic mass is 32.1. The lowest BCUT2D eigenvalue weighted by molar-refractivity contribution is -0.123. The van der Waals surface area contributed by atoms with Gasteiger partial charge in [-0.05, 0) is 18.4 Å². The number of carbonyl (C=O) groups excluding carboxylic acids is 1. The number of morpholine rings is 1. The highest BCUT2D eigenvalue weighted by Crippen LogP contribution is 2.26. The number of carbonyl (C=O) groups is 1. The molecule has 1 aromatic rings. The number of hydrogen-bond donors (Lipinski definition) is 3. The first-order valence-corrected chi connectivity index (χ1v) is 10.6. The first-order valence-electron chi connectivity index (χ1n) is 9.77. The lowest BCUT2D eigenvalue weighted by Crippen LogP contribution is -2.43. The zero-order valence-corrected chi connectivity index (χ0v) is 17.5. The Morgan fingerprint density at radius 3 is 2.63 bits per heavy atom. The van der Waals surface area contributed by atoms with Crippen LogP contribution in [0.5, 0.6) is 0 Å². The SMILES string of the molecule is CCNC(=NCC(c1cccs1)N1CCOCC1)NCCNC(=O)C(C)C. The average molecular weight is 396 g/mol. The third-order valence-electron chi connectivity index (χ3n) is 4.37. The predicted octanol–water partition coefficient (Wildman–Crippen LogP) is 1.45. The molecule has 1 aromatic heterocycles. The molecule has 0 aliphatic carbocycles. The van der Waals surface area contributed by atoms with Crippen LogP contribution < -0.4 is 16.0 Å². The number of aliphatic imine (C=N–C) groups is 1. The third-order valence-corrected chi connectivity index (χ3v) is 5.34. The summed E-state index contributed by atoms with van der Waals surface area (Å²) in [6.45, 7) is 12.0. The van der Waals surface area contributed by atoms with Gasteiger partial charge >= 0.3 is 0 Å². The summed E-state index contributed by atoms with van der Waals surface area (Å²) in [5.74, 6) is 0.863. The Labute approximate surface area is 166 Å². The minimum atomic E-state index is 0.00646. The summed E-state index contributed by atoms with van der Waals surface area (Å²) in [5.41, 5.74) is 0. The molecule has 2 heterocycles. The molecule has 1 saturated heterocycles. The Morgan fingerprint density at radius 2 is 2.00 bits per heavy atom. The van der Waals surface area contributed by atoms with Gasteiger partial charge in [-0.25, -0.2) is 0 Å². The Kier molecular flexibility index (Phi) is 9.58. The van der Waals surface area contributed by atoms with Crippen molar-refractivity contribution < 1.29 is 9.53 Å². The van der Waals surface area contributed by atoms with Crippen molar-refractivity contribution >= 4 is 23.2 Å². The maximum atomic E-state index is 11.6. The molecule has 1 aliphatic heterocycles. The number of nitrogens with zero attached hydrogens (tertiary/aromatic N) is 2. The first kappa shape index (κ1) is 21.7. The summed E-state index contributed by atoms with van der Waals surface area (Å²) in [6.07, 6.45) is 0. The summed E-state index contributed by atoms with van der Waals surface area (Å²) >= 11 is 1.78. The van der Waals surface area contributed by atoms with Crippen LogP contribution in [0.25, 0.3) is 0 Å². The Hall–Kier alpha value is -1.64. The van der Waals surface area contributed by atoms with Crippen molar-refractivity contribution in [2.45, 2.75) is 26.8 Å². The summed E-state index contributed by atoms with van der Waals surface area (Å²) in [4.78, 5) is 20.2. The second-order valence-corrected chi connectivity index (χ2v) is 7.75. The van der Waals surface area contributed by atoms with Crippen LogP contribution in [0.4, 0.5) is 0 Å². The Balaban J connectivity index is 1.92. The topological polar surface area (TPSA) is 78.0 Å². The number of thiophene rings is 1. The van der Waals surface area contributed by atoms with Crippen LogP contribution in [0.1, 0.15) is 31.7 Å². The largest absolute Gasteiger partial charge is 0.379 e. The third kappa shape index (κ3) is 7.48. The van der Waals surface area contributed by atoms with Crippen LogP contribution in [-0.4, -0.2) is 69.2 Å². The molecular weight excluding hydrogens is 362 g/mol. The predicted molar refractivity (Wildman–Crippen MR) is 111 cm³/mol. The van der Waals surface area contributed by atoms with E-state index in [0.717, 1.165) is 38.8 Å². The molecule has 3 N–H and O–H groups in total. The molecule has 0 spiro atoms. The summed E-state index contributed by atoms with van der Waals surface area (Å²) in [5, 5.41) is 11.6. The molecule has 152 valence electrons. The molecule has 1 fully saturated rings. The van der Waals surface area contributed by atoms with Gasteiger partial charge in [0.1, 0.15) is 0 Å². The van der Waals surface area contributed by atoms with E-state index >= 15 is 0 Å². The molecule has 1 atom stereocenters. The number of hydrogen-bond acceptors (Lipinski definition) is 5. The molecule has 0 saturated carbocycles. The maximum Gasteiger partial charge on any atom is 0.222 e. The molecule has 2 rings (SSSR count). The van der Waals surface area contributed by atoms with Gasteiger partial charge in [-0.2, -0.15) is 0 Å². The van der Waals surface area contributed by atoms with Gasteiger partial charge in [0, 0.05) is 43.5 Å². The molecule has 0 radical (unpaired) electrons. The fraction of sp³-hybridized carbons (Fsp3) is 0.684.